The lowest BCUT2D eigenvalue weighted by atomic mass is 9.90. The number of benzene rings is 1. The number of ether oxygens (including phenoxy) is 1. The van der Waals surface area contributed by atoms with E-state index in [2.05, 4.69) is 21.9 Å². The molecule has 0 spiro atoms. The van der Waals surface area contributed by atoms with Gasteiger partial charge in [0, 0.05) is 21.9 Å². The number of alkyl halides is 4. The van der Waals surface area contributed by atoms with Gasteiger partial charge in [0.05, 0.1) is 5.69 Å². The summed E-state index contributed by atoms with van der Waals surface area (Å²) in [7, 11) is 0. The zero-order valence-electron chi connectivity index (χ0n) is 10.8. The standard InChI is InChI=1S/C14H8Cl2F3NO2/c15-8-1-2-11-9(6-8)13(14(17,18)19,22-12(21)20-11)4-3-7-5-10(7)16/h1-2,6-7,10H,5H2,(H,20,21). The molecule has 1 aliphatic carbocycles. The molecule has 1 N–H and O–H groups in total. The molecule has 1 aliphatic heterocycles. The Morgan fingerprint density at radius 3 is 2.68 bits per heavy atom. The molecule has 1 aromatic rings. The number of carbonyl (C=O) groups excluding carboxylic acids is 1. The van der Waals surface area contributed by atoms with Crippen LogP contribution in [0.25, 0.3) is 0 Å². The molecule has 3 unspecified atom stereocenters. The first-order chi connectivity index (χ1) is 10.2. The van der Waals surface area contributed by atoms with Gasteiger partial charge in [0.15, 0.2) is 0 Å². The van der Waals surface area contributed by atoms with Crippen molar-refractivity contribution in [3.05, 3.63) is 28.8 Å². The maximum Gasteiger partial charge on any atom is 0.445 e. The van der Waals surface area contributed by atoms with Crippen LogP contribution >= 0.6 is 23.2 Å². The maximum absolute atomic E-state index is 13.7. The minimum atomic E-state index is -4.92. The van der Waals surface area contributed by atoms with Crippen LogP contribution in [0.4, 0.5) is 23.7 Å². The molecule has 1 saturated carbocycles. The van der Waals surface area contributed by atoms with Crippen molar-refractivity contribution in [2.75, 3.05) is 5.32 Å². The number of halogens is 5. The molecule has 1 fully saturated rings. The molecule has 0 radical (unpaired) electrons. The van der Waals surface area contributed by atoms with E-state index in [1.54, 1.807) is 0 Å². The van der Waals surface area contributed by atoms with Crippen LogP contribution in [0.5, 0.6) is 0 Å². The normalized spacial score (nSPS) is 29.6. The van der Waals surface area contributed by atoms with Gasteiger partial charge in [0.2, 0.25) is 0 Å². The van der Waals surface area contributed by atoms with E-state index in [9.17, 15) is 18.0 Å². The Labute approximate surface area is 133 Å². The average molecular weight is 350 g/mol. The van der Waals surface area contributed by atoms with Gasteiger partial charge in [-0.05, 0) is 30.5 Å². The van der Waals surface area contributed by atoms with Crippen LogP contribution in [-0.4, -0.2) is 17.6 Å². The summed E-state index contributed by atoms with van der Waals surface area (Å²) >= 11 is 11.5. The molecule has 22 heavy (non-hydrogen) atoms. The van der Waals surface area contributed by atoms with Gasteiger partial charge in [-0.2, -0.15) is 13.2 Å². The van der Waals surface area contributed by atoms with Crippen LogP contribution in [0.1, 0.15) is 12.0 Å². The molecule has 1 heterocycles. The van der Waals surface area contributed by atoms with E-state index in [0.29, 0.717) is 6.42 Å². The number of amides is 1. The maximum atomic E-state index is 13.7. The van der Waals surface area contributed by atoms with Crippen molar-refractivity contribution in [2.45, 2.75) is 23.6 Å². The number of nitrogens with one attached hydrogen (secondary N) is 1. The molecule has 0 aromatic heterocycles. The Kier molecular flexibility index (Phi) is 3.46. The van der Waals surface area contributed by atoms with Crippen molar-refractivity contribution < 1.29 is 22.7 Å². The first-order valence-electron chi connectivity index (χ1n) is 6.26. The number of cyclic esters (lactones) is 1. The molecular formula is C14H8Cl2F3NO2. The summed E-state index contributed by atoms with van der Waals surface area (Å²) in [5, 5.41) is 2.02. The van der Waals surface area contributed by atoms with Gasteiger partial charge in [-0.25, -0.2) is 4.79 Å². The number of anilines is 1. The van der Waals surface area contributed by atoms with Crippen LogP contribution in [-0.2, 0) is 10.3 Å². The summed E-state index contributed by atoms with van der Waals surface area (Å²) in [6.07, 6.45) is -5.63. The number of rotatable bonds is 0. The van der Waals surface area contributed by atoms with Gasteiger partial charge < -0.3 is 4.74 Å². The van der Waals surface area contributed by atoms with Crippen molar-refractivity contribution in [1.29, 1.82) is 0 Å². The Morgan fingerprint density at radius 2 is 2.09 bits per heavy atom. The first kappa shape index (κ1) is 15.3. The molecule has 0 bridgehead atoms. The predicted molar refractivity (Wildman–Crippen MR) is 74.8 cm³/mol. The molecule has 3 rings (SSSR count). The molecule has 2 aliphatic rings. The Bertz CT molecular complexity index is 710. The minimum Gasteiger partial charge on any atom is -0.415 e. The highest BCUT2D eigenvalue weighted by atomic mass is 35.5. The molecule has 3 nitrogen and oxygen atoms in total. The van der Waals surface area contributed by atoms with Gasteiger partial charge in [0.1, 0.15) is 0 Å². The highest BCUT2D eigenvalue weighted by Gasteiger charge is 2.62. The van der Waals surface area contributed by atoms with Crippen molar-refractivity contribution in [3.8, 4) is 11.8 Å². The first-order valence-corrected chi connectivity index (χ1v) is 7.08. The Morgan fingerprint density at radius 1 is 1.41 bits per heavy atom. The highest BCUT2D eigenvalue weighted by molar-refractivity contribution is 6.30. The van der Waals surface area contributed by atoms with Crippen molar-refractivity contribution >= 4 is 35.0 Å². The lowest BCUT2D eigenvalue weighted by Crippen LogP contribution is -2.49. The summed E-state index contributed by atoms with van der Waals surface area (Å²) in [6, 6.07) is 3.74. The Balaban J connectivity index is 2.18. The van der Waals surface area contributed by atoms with Crippen LogP contribution in [0.3, 0.4) is 0 Å². The number of hydrogen-bond acceptors (Lipinski definition) is 2. The molecule has 0 saturated heterocycles. The predicted octanol–water partition coefficient (Wildman–Crippen LogP) is 4.29. The fraction of sp³-hybridized carbons (Fsp3) is 0.357. The summed E-state index contributed by atoms with van der Waals surface area (Å²) in [6.45, 7) is 0. The third-order valence-corrected chi connectivity index (χ3v) is 4.11. The molecule has 8 heteroatoms. The molecule has 3 atom stereocenters. The van der Waals surface area contributed by atoms with Crippen molar-refractivity contribution in [1.82, 2.24) is 0 Å². The fourth-order valence-electron chi connectivity index (χ4n) is 2.13. The van der Waals surface area contributed by atoms with Crippen LogP contribution in [0.2, 0.25) is 5.02 Å². The van der Waals surface area contributed by atoms with Gasteiger partial charge >= 0.3 is 12.3 Å². The molecule has 116 valence electrons. The van der Waals surface area contributed by atoms with E-state index in [1.165, 1.54) is 12.1 Å². The van der Waals surface area contributed by atoms with E-state index < -0.39 is 17.9 Å². The van der Waals surface area contributed by atoms with E-state index in [-0.39, 0.29) is 27.6 Å². The van der Waals surface area contributed by atoms with E-state index in [0.717, 1.165) is 6.07 Å². The van der Waals surface area contributed by atoms with Crippen molar-refractivity contribution in [3.63, 3.8) is 0 Å². The fourth-order valence-corrected chi connectivity index (χ4v) is 2.56. The second-order valence-corrected chi connectivity index (χ2v) is 6.01. The van der Waals surface area contributed by atoms with E-state index in [4.69, 9.17) is 23.2 Å². The summed E-state index contributed by atoms with van der Waals surface area (Å²) in [5.41, 5.74) is -3.42. The van der Waals surface area contributed by atoms with Crippen molar-refractivity contribution in [2.24, 2.45) is 5.92 Å². The largest absolute Gasteiger partial charge is 0.445 e. The third kappa shape index (κ3) is 2.49. The van der Waals surface area contributed by atoms with Gasteiger partial charge in [0.25, 0.3) is 5.60 Å². The van der Waals surface area contributed by atoms with E-state index >= 15 is 0 Å². The highest BCUT2D eigenvalue weighted by Crippen LogP contribution is 2.48. The third-order valence-electron chi connectivity index (χ3n) is 3.39. The SMILES string of the molecule is O=C1Nc2ccc(Cl)cc2C(C#CC2CC2Cl)(C(F)(F)F)O1. The zero-order chi connectivity index (χ0) is 16.1. The Hall–Kier alpha value is -1.58. The second-order valence-electron chi connectivity index (χ2n) is 5.01. The summed E-state index contributed by atoms with van der Waals surface area (Å²) < 4.78 is 45.6. The number of carbonyl (C=O) groups is 1. The molecular weight excluding hydrogens is 342 g/mol. The molecule has 1 aromatic carbocycles. The quantitative estimate of drug-likeness (QED) is 0.560. The molecule has 1 amide bonds. The summed E-state index contributed by atoms with van der Waals surface area (Å²) in [4.78, 5) is 11.5. The number of fused-ring (bicyclic) bond motifs is 1. The van der Waals surface area contributed by atoms with Gasteiger partial charge in [-0.15, -0.1) is 11.6 Å². The van der Waals surface area contributed by atoms with Crippen LogP contribution in [0, 0.1) is 17.8 Å². The summed E-state index contributed by atoms with van der Waals surface area (Å²) in [5.74, 6) is 4.20. The lowest BCUT2D eigenvalue weighted by molar-refractivity contribution is -0.239. The lowest BCUT2D eigenvalue weighted by Gasteiger charge is -2.35. The second kappa shape index (κ2) is 4.97. The topological polar surface area (TPSA) is 38.3 Å². The van der Waals surface area contributed by atoms with Crippen LogP contribution in [0.15, 0.2) is 18.2 Å². The monoisotopic (exact) mass is 349 g/mol. The minimum absolute atomic E-state index is 0.0366. The van der Waals surface area contributed by atoms with Gasteiger partial charge in [-0.1, -0.05) is 17.5 Å². The zero-order valence-corrected chi connectivity index (χ0v) is 12.3. The van der Waals surface area contributed by atoms with Gasteiger partial charge in [-0.3, -0.25) is 5.32 Å². The average Bonchev–Trinajstić information content (AvgIpc) is 3.11. The number of hydrogen-bond donors (Lipinski definition) is 1. The smallest absolute Gasteiger partial charge is 0.415 e. The van der Waals surface area contributed by atoms with Crippen LogP contribution < -0.4 is 5.32 Å². The van der Waals surface area contributed by atoms with E-state index in [1.807, 2.05) is 0 Å².